The summed E-state index contributed by atoms with van der Waals surface area (Å²) in [6, 6.07) is 6.53. The van der Waals surface area contributed by atoms with Gasteiger partial charge in [-0.2, -0.15) is 0 Å². The molecule has 0 radical (unpaired) electrons. The first-order valence-electron chi connectivity index (χ1n) is 16.0. The highest BCUT2D eigenvalue weighted by Gasteiger charge is 2.34. The quantitative estimate of drug-likeness (QED) is 0.285. The van der Waals surface area contributed by atoms with Gasteiger partial charge >= 0.3 is 12.1 Å². The maximum atomic E-state index is 13.5. The van der Waals surface area contributed by atoms with Gasteiger partial charge < -0.3 is 39.9 Å². The summed E-state index contributed by atoms with van der Waals surface area (Å²) in [6.07, 6.45) is 1.04. The van der Waals surface area contributed by atoms with Crippen molar-refractivity contribution in [3.63, 3.8) is 0 Å². The normalized spacial score (nSPS) is 16.8. The van der Waals surface area contributed by atoms with Crippen LogP contribution in [0.3, 0.4) is 0 Å². The SMILES string of the molecule is CCCNC(=O)C1CCCN1C(=O)COc1cc(C(=O)NC(CCC(=O)O)C(=O)N2CCN(C(=O)OCC)CC2)nc2ccccc12. The summed E-state index contributed by atoms with van der Waals surface area (Å²) >= 11 is 0. The molecule has 2 aliphatic heterocycles. The molecule has 2 aromatic rings. The number of hydrogen-bond donors (Lipinski definition) is 3. The molecule has 0 saturated carbocycles. The second-order valence-electron chi connectivity index (χ2n) is 11.3. The van der Waals surface area contributed by atoms with Crippen molar-refractivity contribution in [1.29, 1.82) is 0 Å². The van der Waals surface area contributed by atoms with Gasteiger partial charge in [0, 0.05) is 57.1 Å². The summed E-state index contributed by atoms with van der Waals surface area (Å²) in [4.78, 5) is 85.1. The average Bonchev–Trinajstić information content (AvgIpc) is 3.58. The number of hydrogen-bond acceptors (Lipinski definition) is 9. The molecule has 15 nitrogen and oxygen atoms in total. The zero-order valence-corrected chi connectivity index (χ0v) is 26.7. The highest BCUT2D eigenvalue weighted by molar-refractivity contribution is 5.99. The summed E-state index contributed by atoms with van der Waals surface area (Å²) in [6.45, 7) is 5.31. The lowest BCUT2D eigenvalue weighted by atomic mass is 10.1. The highest BCUT2D eigenvalue weighted by atomic mass is 16.6. The first-order valence-corrected chi connectivity index (χ1v) is 16.0. The first kappa shape index (κ1) is 34.9. The number of nitrogens with one attached hydrogen (secondary N) is 2. The Balaban J connectivity index is 1.48. The Morgan fingerprint density at radius 2 is 1.74 bits per heavy atom. The number of carbonyl (C=O) groups is 6. The predicted molar refractivity (Wildman–Crippen MR) is 169 cm³/mol. The number of carboxylic acid groups (broad SMARTS) is 1. The number of para-hydroxylation sites is 1. The lowest BCUT2D eigenvalue weighted by Crippen LogP contribution is -2.56. The zero-order valence-electron chi connectivity index (χ0n) is 26.7. The fourth-order valence-corrected chi connectivity index (χ4v) is 5.61. The van der Waals surface area contributed by atoms with Crippen LogP contribution in [-0.2, 0) is 23.9 Å². The largest absolute Gasteiger partial charge is 0.483 e. The molecule has 4 rings (SSSR count). The maximum Gasteiger partial charge on any atom is 0.409 e. The summed E-state index contributed by atoms with van der Waals surface area (Å²) in [5.74, 6) is -2.69. The van der Waals surface area contributed by atoms with Crippen LogP contribution in [0.25, 0.3) is 10.9 Å². The van der Waals surface area contributed by atoms with E-state index in [0.717, 1.165) is 6.42 Å². The van der Waals surface area contributed by atoms with E-state index in [0.29, 0.717) is 36.8 Å². The topological polar surface area (TPSA) is 188 Å². The van der Waals surface area contributed by atoms with Gasteiger partial charge in [-0.05, 0) is 44.7 Å². The van der Waals surface area contributed by atoms with Crippen molar-refractivity contribution in [2.75, 3.05) is 52.5 Å². The third kappa shape index (κ3) is 9.08. The van der Waals surface area contributed by atoms with Gasteiger partial charge in [-0.1, -0.05) is 19.1 Å². The molecule has 0 spiro atoms. The van der Waals surface area contributed by atoms with Crippen LogP contribution in [0.5, 0.6) is 5.75 Å². The number of nitrogens with zero attached hydrogens (tertiary/aromatic N) is 4. The Hall–Kier alpha value is -4.95. The Labute approximate surface area is 272 Å². The number of likely N-dealkylation sites (tertiary alicyclic amines) is 1. The van der Waals surface area contributed by atoms with Gasteiger partial charge in [0.25, 0.3) is 11.8 Å². The van der Waals surface area contributed by atoms with Gasteiger partial charge in [0.15, 0.2) is 6.61 Å². The molecule has 3 heterocycles. The van der Waals surface area contributed by atoms with Crippen molar-refractivity contribution in [2.24, 2.45) is 0 Å². The second-order valence-corrected chi connectivity index (χ2v) is 11.3. The van der Waals surface area contributed by atoms with Gasteiger partial charge in [0.05, 0.1) is 12.1 Å². The standard InChI is InChI=1S/C32H42N6O9/c1-3-13-33-30(43)25-10-7-14-38(25)27(39)20-47-26-19-24(34-22-9-6-5-8-21(22)26)29(42)35-23(11-12-28(40)41)31(44)36-15-17-37(18-16-36)32(45)46-4-2/h5-6,8-9,19,23,25H,3-4,7,10-18,20H2,1-2H3,(H,33,43)(H,35,42)(H,40,41). The van der Waals surface area contributed by atoms with E-state index in [2.05, 4.69) is 15.6 Å². The van der Waals surface area contributed by atoms with Crippen molar-refractivity contribution >= 4 is 46.6 Å². The molecule has 1 aromatic carbocycles. The molecule has 3 N–H and O–H groups in total. The molecule has 47 heavy (non-hydrogen) atoms. The average molecular weight is 655 g/mol. The van der Waals surface area contributed by atoms with Gasteiger partial charge in [0.1, 0.15) is 23.5 Å². The molecule has 15 heteroatoms. The van der Waals surface area contributed by atoms with E-state index in [-0.39, 0.29) is 75.5 Å². The molecular formula is C32H42N6O9. The lowest BCUT2D eigenvalue weighted by molar-refractivity contribution is -0.140. The third-order valence-corrected chi connectivity index (χ3v) is 8.05. The number of piperazine rings is 1. The van der Waals surface area contributed by atoms with Crippen molar-refractivity contribution in [3.05, 3.63) is 36.0 Å². The number of benzene rings is 1. The fourth-order valence-electron chi connectivity index (χ4n) is 5.61. The minimum Gasteiger partial charge on any atom is -0.483 e. The summed E-state index contributed by atoms with van der Waals surface area (Å²) in [5.41, 5.74) is 0.313. The van der Waals surface area contributed by atoms with E-state index in [9.17, 15) is 33.9 Å². The first-order chi connectivity index (χ1) is 22.6. The van der Waals surface area contributed by atoms with Crippen molar-refractivity contribution in [3.8, 4) is 5.75 Å². The molecule has 1 aromatic heterocycles. The summed E-state index contributed by atoms with van der Waals surface area (Å²) in [7, 11) is 0. The Kier molecular flexibility index (Phi) is 12.3. The minimum atomic E-state index is -1.17. The van der Waals surface area contributed by atoms with E-state index in [1.165, 1.54) is 20.8 Å². The van der Waals surface area contributed by atoms with Crippen molar-refractivity contribution in [1.82, 2.24) is 30.3 Å². The number of pyridine rings is 1. The number of aromatic nitrogens is 1. The molecule has 5 amide bonds. The lowest BCUT2D eigenvalue weighted by Gasteiger charge is -2.35. The number of fused-ring (bicyclic) bond motifs is 1. The molecular weight excluding hydrogens is 612 g/mol. The molecule has 0 bridgehead atoms. The van der Waals surface area contributed by atoms with Crippen molar-refractivity contribution < 1.29 is 43.3 Å². The second kappa shape index (κ2) is 16.6. The van der Waals surface area contributed by atoms with E-state index >= 15 is 0 Å². The summed E-state index contributed by atoms with van der Waals surface area (Å²) < 4.78 is 10.9. The molecule has 2 saturated heterocycles. The number of amides is 5. The van der Waals surface area contributed by atoms with Gasteiger partial charge in [-0.3, -0.25) is 24.0 Å². The summed E-state index contributed by atoms with van der Waals surface area (Å²) in [5, 5.41) is 15.3. The van der Waals surface area contributed by atoms with Crippen LogP contribution in [0.4, 0.5) is 4.79 Å². The Morgan fingerprint density at radius 3 is 2.45 bits per heavy atom. The van der Waals surface area contributed by atoms with E-state index < -0.39 is 36.0 Å². The van der Waals surface area contributed by atoms with Crippen LogP contribution in [0.15, 0.2) is 30.3 Å². The Morgan fingerprint density at radius 1 is 1.02 bits per heavy atom. The van der Waals surface area contributed by atoms with Gasteiger partial charge in [-0.15, -0.1) is 0 Å². The van der Waals surface area contributed by atoms with Crippen LogP contribution < -0.4 is 15.4 Å². The number of ether oxygens (including phenoxy) is 2. The monoisotopic (exact) mass is 654 g/mol. The van der Waals surface area contributed by atoms with Crippen molar-refractivity contribution in [2.45, 2.75) is 58.0 Å². The highest BCUT2D eigenvalue weighted by Crippen LogP contribution is 2.26. The molecule has 2 fully saturated rings. The van der Waals surface area contributed by atoms with Crippen LogP contribution in [-0.4, -0.2) is 125 Å². The van der Waals surface area contributed by atoms with Crippen LogP contribution in [0.1, 0.15) is 56.4 Å². The minimum absolute atomic E-state index is 0.0932. The maximum absolute atomic E-state index is 13.5. The Bertz CT molecular complexity index is 1480. The molecule has 0 aliphatic carbocycles. The van der Waals surface area contributed by atoms with E-state index in [1.807, 2.05) is 6.92 Å². The third-order valence-electron chi connectivity index (χ3n) is 8.05. The number of carbonyl (C=O) groups excluding carboxylic acids is 5. The number of carboxylic acids is 1. The van der Waals surface area contributed by atoms with Crippen LogP contribution in [0, 0.1) is 0 Å². The number of rotatable bonds is 13. The molecule has 2 aliphatic rings. The number of aliphatic carboxylic acids is 1. The van der Waals surface area contributed by atoms with Gasteiger partial charge in [-0.25, -0.2) is 9.78 Å². The molecule has 2 atom stereocenters. The van der Waals surface area contributed by atoms with Crippen LogP contribution in [0.2, 0.25) is 0 Å². The predicted octanol–water partition coefficient (Wildman–Crippen LogP) is 1.39. The van der Waals surface area contributed by atoms with Gasteiger partial charge in [0.2, 0.25) is 11.8 Å². The fraction of sp³-hybridized carbons (Fsp3) is 0.531. The van der Waals surface area contributed by atoms with E-state index in [1.54, 1.807) is 31.2 Å². The van der Waals surface area contributed by atoms with Crippen LogP contribution >= 0.6 is 0 Å². The zero-order chi connectivity index (χ0) is 33.9. The molecule has 254 valence electrons. The smallest absolute Gasteiger partial charge is 0.409 e. The molecule has 2 unspecified atom stereocenters. The van der Waals surface area contributed by atoms with E-state index in [4.69, 9.17) is 9.47 Å².